The van der Waals surface area contributed by atoms with Crippen molar-refractivity contribution in [2.75, 3.05) is 19.4 Å². The molecule has 1 N–H and O–H groups in total. The van der Waals surface area contributed by atoms with Crippen LogP contribution in [0.2, 0.25) is 0 Å². The van der Waals surface area contributed by atoms with E-state index in [9.17, 15) is 0 Å². The maximum atomic E-state index is 5.32. The van der Waals surface area contributed by atoms with Crippen molar-refractivity contribution in [1.29, 1.82) is 0 Å². The average Bonchev–Trinajstić information content (AvgIpc) is 2.53. The molecule has 0 radical (unpaired) electrons. The Hall–Kier alpha value is -1.85. The summed E-state index contributed by atoms with van der Waals surface area (Å²) >= 11 is 6.99. The lowest BCUT2D eigenvalue weighted by Gasteiger charge is -2.15. The van der Waals surface area contributed by atoms with Crippen molar-refractivity contribution in [1.82, 2.24) is 4.90 Å². The standard InChI is InChI=1S/C17H19N3S2/c1-20(2)17(22-13-14-9-5-3-6-10-14)19-16(21)18-15-11-7-4-8-12-15/h3-12H,13H2,1-2H3,(H,18,21)/b19-17-. The molecular formula is C17H19N3S2. The average molecular weight is 329 g/mol. The topological polar surface area (TPSA) is 27.6 Å². The maximum absolute atomic E-state index is 5.32. The summed E-state index contributed by atoms with van der Waals surface area (Å²) < 4.78 is 0. The Morgan fingerprint density at radius 1 is 1.05 bits per heavy atom. The van der Waals surface area contributed by atoms with E-state index in [2.05, 4.69) is 22.4 Å². The van der Waals surface area contributed by atoms with Crippen LogP contribution in [0.4, 0.5) is 5.69 Å². The monoisotopic (exact) mass is 329 g/mol. The molecule has 3 nitrogen and oxygen atoms in total. The Kier molecular flexibility index (Phi) is 6.43. The lowest BCUT2D eigenvalue weighted by Crippen LogP contribution is -2.21. The molecule has 2 aromatic carbocycles. The molecule has 0 unspecified atom stereocenters. The molecule has 0 atom stereocenters. The molecule has 0 heterocycles. The van der Waals surface area contributed by atoms with Gasteiger partial charge in [0.05, 0.1) is 0 Å². The predicted octanol–water partition coefficient (Wildman–Crippen LogP) is 4.23. The highest BCUT2D eigenvalue weighted by Crippen LogP contribution is 2.15. The molecule has 0 aliphatic rings. The van der Waals surface area contributed by atoms with Crippen LogP contribution in [0.1, 0.15) is 5.56 Å². The predicted molar refractivity (Wildman–Crippen MR) is 102 cm³/mol. The molecule has 2 rings (SSSR count). The third-order valence-electron chi connectivity index (χ3n) is 2.82. The first-order chi connectivity index (χ1) is 10.6. The second kappa shape index (κ2) is 8.56. The highest BCUT2D eigenvalue weighted by Gasteiger charge is 2.06. The van der Waals surface area contributed by atoms with Gasteiger partial charge in [-0.1, -0.05) is 60.3 Å². The molecule has 0 saturated heterocycles. The molecule has 0 fully saturated rings. The number of hydrogen-bond donors (Lipinski definition) is 1. The molecule has 0 amide bonds. The molecule has 2 aromatic rings. The van der Waals surface area contributed by atoms with Gasteiger partial charge in [0.1, 0.15) is 0 Å². The Bertz CT molecular complexity index is 625. The van der Waals surface area contributed by atoms with Gasteiger partial charge in [0, 0.05) is 25.5 Å². The number of para-hydroxylation sites is 1. The lowest BCUT2D eigenvalue weighted by atomic mass is 10.2. The van der Waals surface area contributed by atoms with E-state index in [0.29, 0.717) is 5.11 Å². The van der Waals surface area contributed by atoms with Crippen molar-refractivity contribution in [2.24, 2.45) is 4.99 Å². The van der Waals surface area contributed by atoms with E-state index in [1.54, 1.807) is 11.8 Å². The fraction of sp³-hybridized carbons (Fsp3) is 0.176. The van der Waals surface area contributed by atoms with Crippen molar-refractivity contribution in [3.05, 3.63) is 66.2 Å². The van der Waals surface area contributed by atoms with Crippen LogP contribution in [0.3, 0.4) is 0 Å². The smallest absolute Gasteiger partial charge is 0.199 e. The van der Waals surface area contributed by atoms with Gasteiger partial charge in [-0.25, -0.2) is 0 Å². The number of anilines is 1. The van der Waals surface area contributed by atoms with E-state index in [-0.39, 0.29) is 0 Å². The fourth-order valence-corrected chi connectivity index (χ4v) is 2.91. The third-order valence-corrected chi connectivity index (χ3v) is 4.20. The Morgan fingerprint density at radius 3 is 2.23 bits per heavy atom. The zero-order valence-corrected chi connectivity index (χ0v) is 14.3. The molecule has 0 aliphatic carbocycles. The zero-order chi connectivity index (χ0) is 15.8. The largest absolute Gasteiger partial charge is 0.357 e. The quantitative estimate of drug-likeness (QED) is 0.518. The van der Waals surface area contributed by atoms with Crippen LogP contribution in [-0.2, 0) is 5.75 Å². The summed E-state index contributed by atoms with van der Waals surface area (Å²) in [7, 11) is 3.95. The van der Waals surface area contributed by atoms with Gasteiger partial charge in [-0.05, 0) is 29.9 Å². The van der Waals surface area contributed by atoms with E-state index in [0.717, 1.165) is 16.6 Å². The van der Waals surface area contributed by atoms with Crippen LogP contribution in [0.25, 0.3) is 0 Å². The second-order valence-electron chi connectivity index (χ2n) is 4.86. The molecular weight excluding hydrogens is 310 g/mol. The number of amidine groups is 1. The van der Waals surface area contributed by atoms with Gasteiger partial charge in [0.15, 0.2) is 10.3 Å². The molecule has 0 saturated carbocycles. The van der Waals surface area contributed by atoms with Crippen LogP contribution >= 0.6 is 24.0 Å². The number of nitrogens with one attached hydrogen (secondary N) is 1. The molecule has 114 valence electrons. The van der Waals surface area contributed by atoms with E-state index in [1.807, 2.05) is 67.5 Å². The SMILES string of the molecule is CN(C)/C(=N/C(=S)Nc1ccccc1)SCc1ccccc1. The minimum Gasteiger partial charge on any atom is -0.357 e. The lowest BCUT2D eigenvalue weighted by molar-refractivity contribution is 0.637. The van der Waals surface area contributed by atoms with Gasteiger partial charge in [-0.15, -0.1) is 0 Å². The van der Waals surface area contributed by atoms with Gasteiger partial charge < -0.3 is 10.2 Å². The summed E-state index contributed by atoms with van der Waals surface area (Å²) in [6, 6.07) is 20.2. The third kappa shape index (κ3) is 5.50. The van der Waals surface area contributed by atoms with Crippen LogP contribution in [0, 0.1) is 0 Å². The van der Waals surface area contributed by atoms with E-state index >= 15 is 0 Å². The first kappa shape index (κ1) is 16.5. The van der Waals surface area contributed by atoms with Crippen LogP contribution < -0.4 is 5.32 Å². The van der Waals surface area contributed by atoms with Gasteiger partial charge in [-0.3, -0.25) is 0 Å². The van der Waals surface area contributed by atoms with E-state index < -0.39 is 0 Å². The molecule has 0 aliphatic heterocycles. The highest BCUT2D eigenvalue weighted by molar-refractivity contribution is 8.13. The highest BCUT2D eigenvalue weighted by atomic mass is 32.2. The molecule has 0 bridgehead atoms. The Balaban J connectivity index is 1.99. The molecule has 5 heteroatoms. The van der Waals surface area contributed by atoms with Crippen molar-refractivity contribution in [3.63, 3.8) is 0 Å². The summed E-state index contributed by atoms with van der Waals surface area (Å²) in [6.45, 7) is 0. The number of nitrogens with zero attached hydrogens (tertiary/aromatic N) is 2. The summed E-state index contributed by atoms with van der Waals surface area (Å²) in [6.07, 6.45) is 0. The summed E-state index contributed by atoms with van der Waals surface area (Å²) in [5, 5.41) is 4.48. The van der Waals surface area contributed by atoms with Crippen LogP contribution in [0.15, 0.2) is 65.7 Å². The second-order valence-corrected chi connectivity index (χ2v) is 6.19. The van der Waals surface area contributed by atoms with Crippen molar-refractivity contribution < 1.29 is 0 Å². The van der Waals surface area contributed by atoms with Gasteiger partial charge in [-0.2, -0.15) is 4.99 Å². The Labute approximate surface area is 141 Å². The molecule has 0 aromatic heterocycles. The number of thioether (sulfide) groups is 1. The van der Waals surface area contributed by atoms with Crippen molar-refractivity contribution in [3.8, 4) is 0 Å². The van der Waals surface area contributed by atoms with E-state index in [4.69, 9.17) is 12.2 Å². The number of aliphatic imine (C=N–C) groups is 1. The van der Waals surface area contributed by atoms with E-state index in [1.165, 1.54) is 5.56 Å². The number of hydrogen-bond acceptors (Lipinski definition) is 2. The van der Waals surface area contributed by atoms with Gasteiger partial charge in [0.25, 0.3) is 0 Å². The number of thiocarbonyl (C=S) groups is 1. The first-order valence-electron chi connectivity index (χ1n) is 6.94. The first-order valence-corrected chi connectivity index (χ1v) is 8.33. The maximum Gasteiger partial charge on any atom is 0.199 e. The minimum absolute atomic E-state index is 0.468. The normalized spacial score (nSPS) is 11.1. The Morgan fingerprint density at radius 2 is 1.64 bits per heavy atom. The van der Waals surface area contributed by atoms with Gasteiger partial charge in [0.2, 0.25) is 0 Å². The molecule has 22 heavy (non-hydrogen) atoms. The number of benzene rings is 2. The zero-order valence-electron chi connectivity index (χ0n) is 12.7. The van der Waals surface area contributed by atoms with Crippen molar-refractivity contribution >= 4 is 39.9 Å². The fourth-order valence-electron chi connectivity index (χ4n) is 1.74. The summed E-state index contributed by atoms with van der Waals surface area (Å²) in [5.74, 6) is 0.867. The number of rotatable bonds is 3. The summed E-state index contributed by atoms with van der Waals surface area (Å²) in [5.41, 5.74) is 2.21. The molecule has 0 spiro atoms. The summed E-state index contributed by atoms with van der Waals surface area (Å²) in [4.78, 5) is 6.49. The van der Waals surface area contributed by atoms with Crippen molar-refractivity contribution in [2.45, 2.75) is 5.75 Å². The van der Waals surface area contributed by atoms with Crippen LogP contribution in [-0.4, -0.2) is 29.3 Å². The van der Waals surface area contributed by atoms with Gasteiger partial charge >= 0.3 is 0 Å². The minimum atomic E-state index is 0.468. The van der Waals surface area contributed by atoms with Crippen LogP contribution in [0.5, 0.6) is 0 Å².